The van der Waals surface area contributed by atoms with Crippen LogP contribution in [0.5, 0.6) is 11.5 Å². The SMILES string of the molecule is COc1ccc(C(=O)c2coc3ccc(O)c(CN4CC5CC(C4)c4cccc(=O)n4C5)c23)cc1. The van der Waals surface area contributed by atoms with Gasteiger partial charge in [-0.2, -0.15) is 0 Å². The van der Waals surface area contributed by atoms with Gasteiger partial charge in [0.05, 0.1) is 12.7 Å². The van der Waals surface area contributed by atoms with Crippen LogP contribution in [0.1, 0.15) is 39.5 Å². The molecular weight excluding hydrogens is 444 g/mol. The highest BCUT2D eigenvalue weighted by atomic mass is 16.5. The van der Waals surface area contributed by atoms with Crippen molar-refractivity contribution in [2.24, 2.45) is 5.92 Å². The first-order valence-corrected chi connectivity index (χ1v) is 11.8. The lowest BCUT2D eigenvalue weighted by atomic mass is 9.83. The zero-order valence-corrected chi connectivity index (χ0v) is 19.4. The number of ketones is 1. The summed E-state index contributed by atoms with van der Waals surface area (Å²) in [5, 5.41) is 11.5. The monoisotopic (exact) mass is 470 g/mol. The number of benzene rings is 2. The summed E-state index contributed by atoms with van der Waals surface area (Å²) >= 11 is 0. The number of hydrogen-bond acceptors (Lipinski definition) is 6. The average molecular weight is 471 g/mol. The van der Waals surface area contributed by atoms with Gasteiger partial charge in [0, 0.05) is 60.4 Å². The summed E-state index contributed by atoms with van der Waals surface area (Å²) < 4.78 is 12.9. The first kappa shape index (κ1) is 21.7. The molecule has 2 aromatic carbocycles. The minimum absolute atomic E-state index is 0.0631. The zero-order valence-electron chi connectivity index (χ0n) is 19.4. The highest BCUT2D eigenvalue weighted by molar-refractivity contribution is 6.16. The Kier molecular flexibility index (Phi) is 5.22. The Balaban J connectivity index is 1.34. The number of piperidine rings is 1. The van der Waals surface area contributed by atoms with E-state index in [1.54, 1.807) is 49.6 Å². The van der Waals surface area contributed by atoms with Crippen LogP contribution in [0.15, 0.2) is 70.1 Å². The molecule has 2 bridgehead atoms. The number of likely N-dealkylation sites (tertiary alicyclic amines) is 1. The molecule has 178 valence electrons. The van der Waals surface area contributed by atoms with Gasteiger partial charge in [0.15, 0.2) is 5.78 Å². The van der Waals surface area contributed by atoms with Crippen molar-refractivity contribution in [1.82, 2.24) is 9.47 Å². The number of nitrogens with zero attached hydrogens (tertiary/aromatic N) is 2. The van der Waals surface area contributed by atoms with E-state index < -0.39 is 0 Å². The molecule has 2 unspecified atom stereocenters. The number of carbonyl (C=O) groups is 1. The van der Waals surface area contributed by atoms with Crippen molar-refractivity contribution in [2.45, 2.75) is 25.4 Å². The van der Waals surface area contributed by atoms with E-state index in [9.17, 15) is 14.7 Å². The highest BCUT2D eigenvalue weighted by Crippen LogP contribution is 2.38. The molecule has 0 aliphatic carbocycles. The van der Waals surface area contributed by atoms with Crippen molar-refractivity contribution in [1.29, 1.82) is 0 Å². The van der Waals surface area contributed by atoms with Crippen LogP contribution in [0.25, 0.3) is 11.0 Å². The molecule has 4 aromatic rings. The van der Waals surface area contributed by atoms with Gasteiger partial charge >= 0.3 is 0 Å². The number of phenolic OH excluding ortho intramolecular Hbond substituents is 1. The fraction of sp³-hybridized carbons (Fsp3) is 0.286. The summed E-state index contributed by atoms with van der Waals surface area (Å²) in [6.45, 7) is 2.82. The van der Waals surface area contributed by atoms with Gasteiger partial charge in [-0.1, -0.05) is 6.07 Å². The Morgan fingerprint density at radius 2 is 1.91 bits per heavy atom. The summed E-state index contributed by atoms with van der Waals surface area (Å²) in [4.78, 5) is 28.0. The third kappa shape index (κ3) is 3.72. The standard InChI is InChI=1S/C28H26N2O5/c1-34-20-7-5-18(6-8-20)28(33)22-16-35-25-10-9-24(31)21(27(22)25)15-29-12-17-11-19(14-29)23-3-2-4-26(32)30(23)13-17/h2-10,16-17,19,31H,11-15H2,1H3. The lowest BCUT2D eigenvalue weighted by Crippen LogP contribution is -2.46. The first-order valence-electron chi connectivity index (χ1n) is 11.8. The van der Waals surface area contributed by atoms with E-state index in [0.717, 1.165) is 25.2 Å². The third-order valence-corrected chi connectivity index (χ3v) is 7.36. The zero-order chi connectivity index (χ0) is 24.1. The molecule has 0 amide bonds. The number of rotatable bonds is 5. The number of hydrogen-bond donors (Lipinski definition) is 1. The van der Waals surface area contributed by atoms with Gasteiger partial charge in [0.25, 0.3) is 5.56 Å². The van der Waals surface area contributed by atoms with E-state index in [4.69, 9.17) is 9.15 Å². The molecule has 2 aromatic heterocycles. The lowest BCUT2D eigenvalue weighted by molar-refractivity contribution is 0.103. The molecule has 4 heterocycles. The van der Waals surface area contributed by atoms with Crippen LogP contribution >= 0.6 is 0 Å². The van der Waals surface area contributed by atoms with Gasteiger partial charge in [-0.3, -0.25) is 14.5 Å². The van der Waals surface area contributed by atoms with E-state index in [2.05, 4.69) is 4.90 Å². The van der Waals surface area contributed by atoms with Crippen molar-refractivity contribution < 1.29 is 19.1 Å². The maximum absolute atomic E-state index is 13.4. The van der Waals surface area contributed by atoms with E-state index in [1.807, 2.05) is 16.7 Å². The van der Waals surface area contributed by atoms with Gasteiger partial charge in [0.2, 0.25) is 0 Å². The molecule has 1 N–H and O–H groups in total. The largest absolute Gasteiger partial charge is 0.508 e. The van der Waals surface area contributed by atoms with Crippen molar-refractivity contribution in [3.63, 3.8) is 0 Å². The van der Waals surface area contributed by atoms with E-state index >= 15 is 0 Å². The van der Waals surface area contributed by atoms with Crippen molar-refractivity contribution in [2.75, 3.05) is 20.2 Å². The molecule has 2 aliphatic rings. The second kappa shape index (κ2) is 8.43. The predicted octanol–water partition coefficient (Wildman–Crippen LogP) is 4.16. The number of carbonyl (C=O) groups excluding carboxylic acids is 1. The minimum atomic E-state index is -0.165. The molecule has 1 fully saturated rings. The maximum Gasteiger partial charge on any atom is 0.250 e. The van der Waals surface area contributed by atoms with E-state index in [0.29, 0.717) is 52.4 Å². The summed E-state index contributed by atoms with van der Waals surface area (Å²) in [6, 6.07) is 15.8. The van der Waals surface area contributed by atoms with Crippen LogP contribution in [0.3, 0.4) is 0 Å². The predicted molar refractivity (Wildman–Crippen MR) is 131 cm³/mol. The molecule has 1 saturated heterocycles. The molecule has 6 rings (SSSR count). The summed E-state index contributed by atoms with van der Waals surface area (Å²) in [5.74, 6) is 1.29. The molecule has 7 nitrogen and oxygen atoms in total. The van der Waals surface area contributed by atoms with Crippen LogP contribution in [0.4, 0.5) is 0 Å². The fourth-order valence-electron chi connectivity index (χ4n) is 5.76. The second-order valence-electron chi connectivity index (χ2n) is 9.54. The second-order valence-corrected chi connectivity index (χ2v) is 9.54. The van der Waals surface area contributed by atoms with Gasteiger partial charge in [-0.25, -0.2) is 0 Å². The van der Waals surface area contributed by atoms with Crippen molar-refractivity contribution >= 4 is 16.8 Å². The molecule has 0 spiro atoms. The van der Waals surface area contributed by atoms with Crippen molar-refractivity contribution in [3.8, 4) is 11.5 Å². The smallest absolute Gasteiger partial charge is 0.250 e. The minimum Gasteiger partial charge on any atom is -0.508 e. The maximum atomic E-state index is 13.4. The van der Waals surface area contributed by atoms with Crippen LogP contribution in [-0.4, -0.2) is 40.6 Å². The number of fused-ring (bicyclic) bond motifs is 5. The normalized spacial score (nSPS) is 19.5. The number of aromatic hydroxyl groups is 1. The van der Waals surface area contributed by atoms with Crippen LogP contribution in [0.2, 0.25) is 0 Å². The number of aromatic nitrogens is 1. The summed E-state index contributed by atoms with van der Waals surface area (Å²) in [5.41, 5.74) is 3.37. The number of methoxy groups -OCH3 is 1. The van der Waals surface area contributed by atoms with Gasteiger partial charge in [-0.05, 0) is 54.8 Å². The number of ether oxygens (including phenoxy) is 1. The van der Waals surface area contributed by atoms with Crippen LogP contribution in [-0.2, 0) is 13.1 Å². The Bertz CT molecular complexity index is 1480. The quantitative estimate of drug-likeness (QED) is 0.441. The van der Waals surface area contributed by atoms with E-state index in [-0.39, 0.29) is 23.0 Å². The Hall–Kier alpha value is -3.84. The van der Waals surface area contributed by atoms with Gasteiger partial charge < -0.3 is 18.8 Å². The Morgan fingerprint density at radius 3 is 2.71 bits per heavy atom. The molecule has 2 aliphatic heterocycles. The number of pyridine rings is 1. The summed E-state index contributed by atoms with van der Waals surface area (Å²) in [6.07, 6.45) is 2.54. The molecule has 0 saturated carbocycles. The summed E-state index contributed by atoms with van der Waals surface area (Å²) in [7, 11) is 1.58. The van der Waals surface area contributed by atoms with Crippen LogP contribution in [0, 0.1) is 5.92 Å². The topological polar surface area (TPSA) is 84.9 Å². The molecule has 0 radical (unpaired) electrons. The third-order valence-electron chi connectivity index (χ3n) is 7.36. The number of phenols is 1. The fourth-order valence-corrected chi connectivity index (χ4v) is 5.76. The average Bonchev–Trinajstić information content (AvgIpc) is 3.30. The number of furan rings is 1. The Labute approximate surface area is 202 Å². The molecule has 7 heteroatoms. The lowest BCUT2D eigenvalue weighted by Gasteiger charge is -2.42. The van der Waals surface area contributed by atoms with Crippen molar-refractivity contribution in [3.05, 3.63) is 93.6 Å². The Morgan fingerprint density at radius 1 is 1.09 bits per heavy atom. The highest BCUT2D eigenvalue weighted by Gasteiger charge is 2.35. The molecule has 2 atom stereocenters. The van der Waals surface area contributed by atoms with E-state index in [1.165, 1.54) is 6.26 Å². The van der Waals surface area contributed by atoms with Crippen LogP contribution < -0.4 is 10.3 Å². The van der Waals surface area contributed by atoms with Gasteiger partial charge in [0.1, 0.15) is 23.3 Å². The molecule has 35 heavy (non-hydrogen) atoms. The first-order chi connectivity index (χ1) is 17.0. The van der Waals surface area contributed by atoms with Gasteiger partial charge in [-0.15, -0.1) is 0 Å². The molecular formula is C28H26N2O5.